The number of aliphatic carboxylic acids is 1. The number of amides is 1. The summed E-state index contributed by atoms with van der Waals surface area (Å²) in [6, 6.07) is 0. The SMILES string of the molecule is CCCn1cc(C(=O)NC(C)(CC(=O)O)C(C)C)cn1. The fraction of sp³-hybridized carbons (Fsp3) is 0.643. The van der Waals surface area contributed by atoms with E-state index >= 15 is 0 Å². The Kier molecular flexibility index (Phi) is 5.30. The van der Waals surface area contributed by atoms with Gasteiger partial charge in [0.15, 0.2) is 0 Å². The summed E-state index contributed by atoms with van der Waals surface area (Å²) >= 11 is 0. The maximum Gasteiger partial charge on any atom is 0.305 e. The van der Waals surface area contributed by atoms with Gasteiger partial charge in [0.05, 0.1) is 23.7 Å². The van der Waals surface area contributed by atoms with Crippen molar-refractivity contribution in [1.82, 2.24) is 15.1 Å². The molecule has 1 aromatic heterocycles. The number of rotatable bonds is 7. The quantitative estimate of drug-likeness (QED) is 0.799. The summed E-state index contributed by atoms with van der Waals surface area (Å²) in [7, 11) is 0. The van der Waals surface area contributed by atoms with Gasteiger partial charge in [0, 0.05) is 12.7 Å². The van der Waals surface area contributed by atoms with Gasteiger partial charge >= 0.3 is 5.97 Å². The Morgan fingerprint density at radius 1 is 1.50 bits per heavy atom. The van der Waals surface area contributed by atoms with Gasteiger partial charge in [-0.25, -0.2) is 0 Å². The third-order valence-corrected chi connectivity index (χ3v) is 3.54. The maximum absolute atomic E-state index is 12.2. The minimum Gasteiger partial charge on any atom is -0.481 e. The number of carboxylic acid groups (broad SMARTS) is 1. The molecule has 1 atom stereocenters. The molecule has 0 fully saturated rings. The zero-order valence-electron chi connectivity index (χ0n) is 12.5. The van der Waals surface area contributed by atoms with Crippen LogP contribution in [-0.4, -0.2) is 32.3 Å². The monoisotopic (exact) mass is 281 g/mol. The number of nitrogens with one attached hydrogen (secondary N) is 1. The second kappa shape index (κ2) is 6.54. The minimum atomic E-state index is -0.928. The second-order valence-electron chi connectivity index (χ2n) is 5.59. The largest absolute Gasteiger partial charge is 0.481 e. The number of carbonyl (C=O) groups is 2. The van der Waals surface area contributed by atoms with Crippen molar-refractivity contribution in [3.05, 3.63) is 18.0 Å². The van der Waals surface area contributed by atoms with Crippen LogP contribution in [0, 0.1) is 5.92 Å². The van der Waals surface area contributed by atoms with E-state index in [-0.39, 0.29) is 18.2 Å². The first-order valence-electron chi connectivity index (χ1n) is 6.85. The van der Waals surface area contributed by atoms with E-state index in [0.29, 0.717) is 5.56 Å². The lowest BCUT2D eigenvalue weighted by Crippen LogP contribution is -2.51. The van der Waals surface area contributed by atoms with Gasteiger partial charge in [-0.15, -0.1) is 0 Å². The van der Waals surface area contributed by atoms with Crippen molar-refractivity contribution in [1.29, 1.82) is 0 Å². The number of hydrogen-bond donors (Lipinski definition) is 2. The average Bonchev–Trinajstić information content (AvgIpc) is 2.76. The molecule has 1 rings (SSSR count). The Bertz CT molecular complexity index is 482. The van der Waals surface area contributed by atoms with E-state index in [2.05, 4.69) is 10.4 Å². The normalized spacial score (nSPS) is 14.1. The van der Waals surface area contributed by atoms with Crippen molar-refractivity contribution in [3.63, 3.8) is 0 Å². The summed E-state index contributed by atoms with van der Waals surface area (Å²) in [5.41, 5.74) is -0.328. The predicted octanol–water partition coefficient (Wildman–Crippen LogP) is 1.91. The lowest BCUT2D eigenvalue weighted by molar-refractivity contribution is -0.138. The number of carbonyl (C=O) groups excluding carboxylic acids is 1. The molecule has 0 aliphatic heterocycles. The van der Waals surface area contributed by atoms with Crippen LogP contribution in [0.3, 0.4) is 0 Å². The van der Waals surface area contributed by atoms with Crippen molar-refractivity contribution in [2.24, 2.45) is 5.92 Å². The third-order valence-electron chi connectivity index (χ3n) is 3.54. The zero-order valence-corrected chi connectivity index (χ0v) is 12.5. The van der Waals surface area contributed by atoms with Crippen LogP contribution in [0.25, 0.3) is 0 Å². The van der Waals surface area contributed by atoms with Crippen LogP contribution in [-0.2, 0) is 11.3 Å². The molecule has 6 heteroatoms. The van der Waals surface area contributed by atoms with Gasteiger partial charge in [-0.2, -0.15) is 5.10 Å². The van der Waals surface area contributed by atoms with E-state index in [0.717, 1.165) is 13.0 Å². The van der Waals surface area contributed by atoms with Crippen LogP contribution in [0.5, 0.6) is 0 Å². The molecule has 2 N–H and O–H groups in total. The molecule has 0 aromatic carbocycles. The van der Waals surface area contributed by atoms with Crippen molar-refractivity contribution >= 4 is 11.9 Å². The van der Waals surface area contributed by atoms with Crippen molar-refractivity contribution in [3.8, 4) is 0 Å². The zero-order chi connectivity index (χ0) is 15.3. The first-order chi connectivity index (χ1) is 9.28. The molecule has 0 aliphatic rings. The van der Waals surface area contributed by atoms with Crippen LogP contribution in [0.2, 0.25) is 0 Å². The fourth-order valence-corrected chi connectivity index (χ4v) is 1.87. The molecule has 0 bridgehead atoms. The van der Waals surface area contributed by atoms with Crippen LogP contribution in [0.4, 0.5) is 0 Å². The smallest absolute Gasteiger partial charge is 0.305 e. The van der Waals surface area contributed by atoms with Crippen LogP contribution in [0.1, 0.15) is 50.9 Å². The molecule has 0 saturated heterocycles. The van der Waals surface area contributed by atoms with Gasteiger partial charge in [0.2, 0.25) is 0 Å². The highest BCUT2D eigenvalue weighted by molar-refractivity contribution is 5.94. The van der Waals surface area contributed by atoms with E-state index in [1.165, 1.54) is 6.20 Å². The molecular formula is C14H23N3O3. The van der Waals surface area contributed by atoms with E-state index in [1.807, 2.05) is 20.8 Å². The lowest BCUT2D eigenvalue weighted by atomic mass is 9.85. The Morgan fingerprint density at radius 2 is 2.15 bits per heavy atom. The first kappa shape index (κ1) is 16.2. The molecular weight excluding hydrogens is 258 g/mol. The third kappa shape index (κ3) is 4.08. The van der Waals surface area contributed by atoms with Gasteiger partial charge in [-0.3, -0.25) is 14.3 Å². The summed E-state index contributed by atoms with van der Waals surface area (Å²) < 4.78 is 1.71. The molecule has 1 amide bonds. The van der Waals surface area contributed by atoms with Crippen LogP contribution >= 0.6 is 0 Å². The number of aryl methyl sites for hydroxylation is 1. The average molecular weight is 281 g/mol. The molecule has 112 valence electrons. The summed E-state index contributed by atoms with van der Waals surface area (Å²) in [6.07, 6.45) is 4.01. The molecule has 1 unspecified atom stereocenters. The molecule has 0 radical (unpaired) electrons. The highest BCUT2D eigenvalue weighted by Crippen LogP contribution is 2.21. The van der Waals surface area contributed by atoms with Gasteiger partial charge < -0.3 is 10.4 Å². The van der Waals surface area contributed by atoms with Gasteiger partial charge in [0.25, 0.3) is 5.91 Å². The Hall–Kier alpha value is -1.85. The Morgan fingerprint density at radius 3 is 2.65 bits per heavy atom. The Balaban J connectivity index is 2.82. The number of carboxylic acids is 1. The topological polar surface area (TPSA) is 84.2 Å². The highest BCUT2D eigenvalue weighted by Gasteiger charge is 2.33. The molecule has 1 heterocycles. The summed E-state index contributed by atoms with van der Waals surface area (Å²) in [5, 5.41) is 15.9. The van der Waals surface area contributed by atoms with E-state index in [9.17, 15) is 9.59 Å². The first-order valence-corrected chi connectivity index (χ1v) is 6.85. The van der Waals surface area contributed by atoms with E-state index in [4.69, 9.17) is 5.11 Å². The molecule has 0 spiro atoms. The minimum absolute atomic E-state index is 0.00763. The molecule has 0 saturated carbocycles. The number of nitrogens with zero attached hydrogens (tertiary/aromatic N) is 2. The molecule has 6 nitrogen and oxygen atoms in total. The lowest BCUT2D eigenvalue weighted by Gasteiger charge is -2.33. The van der Waals surface area contributed by atoms with E-state index < -0.39 is 11.5 Å². The fourth-order valence-electron chi connectivity index (χ4n) is 1.87. The maximum atomic E-state index is 12.2. The van der Waals surface area contributed by atoms with Crippen molar-refractivity contribution < 1.29 is 14.7 Å². The standard InChI is InChI=1S/C14H23N3O3/c1-5-6-17-9-11(8-15-17)13(20)16-14(4,10(2)3)7-12(18)19/h8-10H,5-7H2,1-4H3,(H,16,20)(H,18,19). The second-order valence-corrected chi connectivity index (χ2v) is 5.59. The van der Waals surface area contributed by atoms with Gasteiger partial charge in [-0.1, -0.05) is 20.8 Å². The van der Waals surface area contributed by atoms with Crippen molar-refractivity contribution in [2.75, 3.05) is 0 Å². The van der Waals surface area contributed by atoms with Gasteiger partial charge in [0.1, 0.15) is 0 Å². The Labute approximate surface area is 119 Å². The van der Waals surface area contributed by atoms with Crippen molar-refractivity contribution in [2.45, 2.75) is 52.6 Å². The van der Waals surface area contributed by atoms with Crippen LogP contribution < -0.4 is 5.32 Å². The summed E-state index contributed by atoms with van der Waals surface area (Å²) in [5.74, 6) is -1.21. The summed E-state index contributed by atoms with van der Waals surface area (Å²) in [4.78, 5) is 23.2. The summed E-state index contributed by atoms with van der Waals surface area (Å²) in [6.45, 7) is 8.32. The number of aromatic nitrogens is 2. The number of hydrogen-bond acceptors (Lipinski definition) is 3. The van der Waals surface area contributed by atoms with E-state index in [1.54, 1.807) is 17.8 Å². The van der Waals surface area contributed by atoms with Gasteiger partial charge in [-0.05, 0) is 19.3 Å². The highest BCUT2D eigenvalue weighted by atomic mass is 16.4. The predicted molar refractivity (Wildman–Crippen MR) is 75.5 cm³/mol. The molecule has 1 aromatic rings. The molecule has 20 heavy (non-hydrogen) atoms. The molecule has 0 aliphatic carbocycles. The van der Waals surface area contributed by atoms with Crippen LogP contribution in [0.15, 0.2) is 12.4 Å².